The number of carbonyl (C=O) groups excluding carboxylic acids is 1. The Bertz CT molecular complexity index is 576. The first-order valence-electron chi connectivity index (χ1n) is 6.65. The molecule has 2 aromatic heterocycles. The van der Waals surface area contributed by atoms with E-state index in [-0.39, 0.29) is 12.5 Å². The van der Waals surface area contributed by atoms with E-state index in [1.807, 2.05) is 16.8 Å². The van der Waals surface area contributed by atoms with E-state index in [9.17, 15) is 4.79 Å². The van der Waals surface area contributed by atoms with Gasteiger partial charge in [-0.25, -0.2) is 4.98 Å². The van der Waals surface area contributed by atoms with Crippen LogP contribution < -0.4 is 0 Å². The fourth-order valence-corrected chi connectivity index (χ4v) is 3.70. The van der Waals surface area contributed by atoms with Crippen LogP contribution in [0.25, 0.3) is 10.6 Å². The van der Waals surface area contributed by atoms with E-state index in [1.54, 1.807) is 27.6 Å². The third-order valence-corrected chi connectivity index (χ3v) is 4.92. The first-order valence-corrected chi connectivity index (χ1v) is 8.47. The molecule has 106 valence electrons. The van der Waals surface area contributed by atoms with Crippen LogP contribution in [-0.4, -0.2) is 40.1 Å². The largest absolute Gasteiger partial charge is 0.395 e. The highest BCUT2D eigenvalue weighted by molar-refractivity contribution is 7.14. The number of thiazole rings is 1. The summed E-state index contributed by atoms with van der Waals surface area (Å²) in [6, 6.07) is 2.38. The van der Waals surface area contributed by atoms with Crippen molar-refractivity contribution in [3.63, 3.8) is 0 Å². The zero-order chi connectivity index (χ0) is 13.9. The zero-order valence-electron chi connectivity index (χ0n) is 11.0. The molecule has 0 aliphatic heterocycles. The second kappa shape index (κ2) is 6.03. The van der Waals surface area contributed by atoms with Crippen molar-refractivity contribution in [1.29, 1.82) is 0 Å². The standard InChI is InChI=1S/C14H16N2O2S2/c17-5-4-16(12-1-2-12)13(18)7-11-9-20-14(15-11)10-3-6-19-8-10/h3,6,8-9,12,17H,1-2,4-5,7H2. The molecule has 0 spiro atoms. The molecule has 1 fully saturated rings. The minimum Gasteiger partial charge on any atom is -0.395 e. The van der Waals surface area contributed by atoms with Crippen LogP contribution in [0.15, 0.2) is 22.2 Å². The zero-order valence-corrected chi connectivity index (χ0v) is 12.6. The number of carbonyl (C=O) groups is 1. The fourth-order valence-electron chi connectivity index (χ4n) is 2.17. The number of thiophene rings is 1. The Morgan fingerprint density at radius 3 is 2.95 bits per heavy atom. The number of aromatic nitrogens is 1. The van der Waals surface area contributed by atoms with Crippen LogP contribution in [-0.2, 0) is 11.2 Å². The van der Waals surface area contributed by atoms with Crippen molar-refractivity contribution >= 4 is 28.6 Å². The molecule has 2 aromatic rings. The molecule has 1 aliphatic rings. The summed E-state index contributed by atoms with van der Waals surface area (Å²) in [7, 11) is 0. The lowest BCUT2D eigenvalue weighted by Crippen LogP contribution is -2.36. The molecule has 3 rings (SSSR count). The van der Waals surface area contributed by atoms with E-state index >= 15 is 0 Å². The molecule has 6 heteroatoms. The Morgan fingerprint density at radius 1 is 1.45 bits per heavy atom. The van der Waals surface area contributed by atoms with Gasteiger partial charge in [0, 0.05) is 28.9 Å². The van der Waals surface area contributed by atoms with Gasteiger partial charge in [0.25, 0.3) is 0 Å². The first kappa shape index (κ1) is 13.7. The third-order valence-electron chi connectivity index (χ3n) is 3.30. The van der Waals surface area contributed by atoms with Crippen LogP contribution in [0.3, 0.4) is 0 Å². The van der Waals surface area contributed by atoms with E-state index in [4.69, 9.17) is 5.11 Å². The second-order valence-electron chi connectivity index (χ2n) is 4.87. The molecular formula is C14H16N2O2S2. The van der Waals surface area contributed by atoms with Gasteiger partial charge in [-0.1, -0.05) is 0 Å². The molecule has 0 bridgehead atoms. The van der Waals surface area contributed by atoms with Gasteiger partial charge in [-0.3, -0.25) is 4.79 Å². The summed E-state index contributed by atoms with van der Waals surface area (Å²) in [6.45, 7) is 0.463. The molecule has 0 unspecified atom stereocenters. The predicted octanol–water partition coefficient (Wildman–Crippen LogP) is 2.40. The number of rotatable bonds is 6. The van der Waals surface area contributed by atoms with Crippen LogP contribution in [0.1, 0.15) is 18.5 Å². The molecule has 0 aromatic carbocycles. The lowest BCUT2D eigenvalue weighted by molar-refractivity contribution is -0.131. The highest BCUT2D eigenvalue weighted by atomic mass is 32.1. The summed E-state index contributed by atoms with van der Waals surface area (Å²) >= 11 is 3.22. The number of hydrogen-bond donors (Lipinski definition) is 1. The third kappa shape index (κ3) is 3.08. The van der Waals surface area contributed by atoms with Gasteiger partial charge in [0.15, 0.2) is 0 Å². The van der Waals surface area contributed by atoms with E-state index in [2.05, 4.69) is 10.4 Å². The van der Waals surface area contributed by atoms with Crippen molar-refractivity contribution in [3.05, 3.63) is 27.9 Å². The van der Waals surface area contributed by atoms with Crippen molar-refractivity contribution in [2.75, 3.05) is 13.2 Å². The van der Waals surface area contributed by atoms with E-state index in [0.717, 1.165) is 29.1 Å². The lowest BCUT2D eigenvalue weighted by Gasteiger charge is -2.20. The Morgan fingerprint density at radius 2 is 2.30 bits per heavy atom. The van der Waals surface area contributed by atoms with Gasteiger partial charge in [-0.05, 0) is 24.3 Å². The Hall–Kier alpha value is -1.24. The molecule has 1 aliphatic carbocycles. The van der Waals surface area contributed by atoms with E-state index < -0.39 is 0 Å². The predicted molar refractivity (Wildman–Crippen MR) is 81.0 cm³/mol. The summed E-state index contributed by atoms with van der Waals surface area (Å²) in [4.78, 5) is 18.6. The van der Waals surface area contributed by atoms with Gasteiger partial charge in [-0.2, -0.15) is 11.3 Å². The van der Waals surface area contributed by atoms with Gasteiger partial charge in [0.05, 0.1) is 18.7 Å². The van der Waals surface area contributed by atoms with Crippen LogP contribution in [0, 0.1) is 0 Å². The highest BCUT2D eigenvalue weighted by Crippen LogP contribution is 2.28. The Balaban J connectivity index is 1.66. The van der Waals surface area contributed by atoms with Crippen LogP contribution >= 0.6 is 22.7 Å². The Labute approximate surface area is 125 Å². The molecule has 4 nitrogen and oxygen atoms in total. The molecule has 0 atom stereocenters. The molecule has 1 amide bonds. The highest BCUT2D eigenvalue weighted by Gasteiger charge is 2.32. The summed E-state index contributed by atoms with van der Waals surface area (Å²) in [5, 5.41) is 16.1. The van der Waals surface area contributed by atoms with Crippen molar-refractivity contribution in [2.45, 2.75) is 25.3 Å². The monoisotopic (exact) mass is 308 g/mol. The van der Waals surface area contributed by atoms with Crippen LogP contribution in [0.4, 0.5) is 0 Å². The van der Waals surface area contributed by atoms with Gasteiger partial charge < -0.3 is 10.0 Å². The van der Waals surface area contributed by atoms with E-state index in [1.165, 1.54) is 0 Å². The average Bonchev–Trinajstić information content (AvgIpc) is 2.93. The number of aliphatic hydroxyl groups is 1. The normalized spacial score (nSPS) is 14.4. The quantitative estimate of drug-likeness (QED) is 0.891. The number of nitrogens with zero attached hydrogens (tertiary/aromatic N) is 2. The maximum atomic E-state index is 12.3. The van der Waals surface area contributed by atoms with Crippen molar-refractivity contribution in [3.8, 4) is 10.6 Å². The lowest BCUT2D eigenvalue weighted by atomic mass is 10.3. The van der Waals surface area contributed by atoms with Gasteiger partial charge in [-0.15, -0.1) is 11.3 Å². The average molecular weight is 308 g/mol. The second-order valence-corrected chi connectivity index (χ2v) is 6.51. The summed E-state index contributed by atoms with van der Waals surface area (Å²) in [5.74, 6) is 0.0729. The molecule has 0 saturated heterocycles. The number of amides is 1. The van der Waals surface area contributed by atoms with E-state index in [0.29, 0.717) is 19.0 Å². The minimum atomic E-state index is 0.0272. The first-order chi connectivity index (χ1) is 9.78. The molecular weight excluding hydrogens is 292 g/mol. The van der Waals surface area contributed by atoms with Crippen molar-refractivity contribution in [1.82, 2.24) is 9.88 Å². The molecule has 2 heterocycles. The Kier molecular flexibility index (Phi) is 4.14. The minimum absolute atomic E-state index is 0.0272. The maximum absolute atomic E-state index is 12.3. The molecule has 1 saturated carbocycles. The van der Waals surface area contributed by atoms with Crippen molar-refractivity contribution in [2.24, 2.45) is 0 Å². The van der Waals surface area contributed by atoms with Gasteiger partial charge >= 0.3 is 0 Å². The van der Waals surface area contributed by atoms with Crippen LogP contribution in [0.5, 0.6) is 0 Å². The number of aliphatic hydroxyl groups excluding tert-OH is 1. The topological polar surface area (TPSA) is 53.4 Å². The maximum Gasteiger partial charge on any atom is 0.228 e. The summed E-state index contributed by atoms with van der Waals surface area (Å²) in [5.41, 5.74) is 1.94. The van der Waals surface area contributed by atoms with Crippen molar-refractivity contribution < 1.29 is 9.90 Å². The molecule has 20 heavy (non-hydrogen) atoms. The summed E-state index contributed by atoms with van der Waals surface area (Å²) in [6.07, 6.45) is 2.45. The summed E-state index contributed by atoms with van der Waals surface area (Å²) < 4.78 is 0. The molecule has 1 N–H and O–H groups in total. The smallest absolute Gasteiger partial charge is 0.228 e. The fraction of sp³-hybridized carbons (Fsp3) is 0.429. The molecule has 0 radical (unpaired) electrons. The van der Waals surface area contributed by atoms with Crippen LogP contribution in [0.2, 0.25) is 0 Å². The van der Waals surface area contributed by atoms with Gasteiger partial charge in [0.2, 0.25) is 5.91 Å². The SMILES string of the molecule is O=C(Cc1csc(-c2ccsc2)n1)N(CCO)C1CC1. The number of hydrogen-bond acceptors (Lipinski definition) is 5. The van der Waals surface area contributed by atoms with Gasteiger partial charge in [0.1, 0.15) is 5.01 Å².